The zero-order chi connectivity index (χ0) is 13.7. The van der Waals surface area contributed by atoms with Crippen LogP contribution in [0.1, 0.15) is 13.8 Å². The van der Waals surface area contributed by atoms with Crippen LogP contribution >= 0.6 is 0 Å². The second kappa shape index (κ2) is 5.98. The van der Waals surface area contributed by atoms with Gasteiger partial charge in [0.1, 0.15) is 0 Å². The fraction of sp³-hybridized carbons (Fsp3) is 0.455. The van der Waals surface area contributed by atoms with Gasteiger partial charge in [0.15, 0.2) is 0 Å². The molecular weight excluding hydrogens is 246 g/mol. The molecule has 102 valence electrons. The average molecular weight is 263 g/mol. The molecule has 0 aliphatic heterocycles. The summed E-state index contributed by atoms with van der Waals surface area (Å²) in [7, 11) is 1.84. The second-order valence-electron chi connectivity index (χ2n) is 3.76. The number of aromatic nitrogens is 5. The Bertz CT molecular complexity index is 515. The van der Waals surface area contributed by atoms with Crippen molar-refractivity contribution in [2.75, 3.05) is 23.8 Å². The molecule has 2 aromatic rings. The van der Waals surface area contributed by atoms with Crippen molar-refractivity contribution in [1.29, 1.82) is 0 Å². The Labute approximate surface area is 111 Å². The highest BCUT2D eigenvalue weighted by atomic mass is 16.5. The van der Waals surface area contributed by atoms with Crippen LogP contribution in [0.4, 0.5) is 17.6 Å². The van der Waals surface area contributed by atoms with Gasteiger partial charge in [0.2, 0.25) is 11.9 Å². The summed E-state index contributed by atoms with van der Waals surface area (Å²) in [5, 5.41) is 10.2. The highest BCUT2D eigenvalue weighted by molar-refractivity contribution is 5.51. The molecule has 0 saturated heterocycles. The van der Waals surface area contributed by atoms with Gasteiger partial charge in [-0.05, 0) is 13.8 Å². The van der Waals surface area contributed by atoms with E-state index < -0.39 is 0 Å². The maximum Gasteiger partial charge on any atom is 0.323 e. The molecule has 8 nitrogen and oxygen atoms in total. The summed E-state index contributed by atoms with van der Waals surface area (Å²) in [5.41, 5.74) is 0.804. The molecule has 19 heavy (non-hydrogen) atoms. The number of rotatable bonds is 6. The maximum atomic E-state index is 5.31. The smallest absolute Gasteiger partial charge is 0.323 e. The third-order valence-corrected chi connectivity index (χ3v) is 2.18. The summed E-state index contributed by atoms with van der Waals surface area (Å²) in [6, 6.07) is 0.292. The molecule has 0 aliphatic carbocycles. The lowest BCUT2D eigenvalue weighted by Gasteiger charge is -2.08. The van der Waals surface area contributed by atoms with E-state index >= 15 is 0 Å². The third kappa shape index (κ3) is 3.54. The summed E-state index contributed by atoms with van der Waals surface area (Å²) in [4.78, 5) is 12.6. The molecule has 0 unspecified atom stereocenters. The first-order chi connectivity index (χ1) is 9.21. The number of anilines is 3. The van der Waals surface area contributed by atoms with E-state index in [2.05, 4.69) is 30.7 Å². The van der Waals surface area contributed by atoms with Crippen molar-refractivity contribution >= 4 is 17.6 Å². The lowest BCUT2D eigenvalue weighted by Crippen LogP contribution is -2.08. The van der Waals surface area contributed by atoms with E-state index in [1.54, 1.807) is 10.9 Å². The molecule has 0 fully saturated rings. The number of ether oxygens (including phenoxy) is 1. The summed E-state index contributed by atoms with van der Waals surface area (Å²) in [5.74, 6) is 0.898. The molecule has 0 saturated carbocycles. The quantitative estimate of drug-likeness (QED) is 0.808. The van der Waals surface area contributed by atoms with Gasteiger partial charge >= 0.3 is 6.01 Å². The van der Waals surface area contributed by atoms with E-state index in [9.17, 15) is 0 Å². The van der Waals surface area contributed by atoms with Crippen LogP contribution in [0.25, 0.3) is 0 Å². The Kier molecular flexibility index (Phi) is 4.11. The average Bonchev–Trinajstić information content (AvgIpc) is 2.75. The third-order valence-electron chi connectivity index (χ3n) is 2.18. The van der Waals surface area contributed by atoms with Crippen LogP contribution in [0, 0.1) is 0 Å². The Morgan fingerprint density at radius 1 is 1.21 bits per heavy atom. The first-order valence-electron chi connectivity index (χ1n) is 6.09. The zero-order valence-corrected chi connectivity index (χ0v) is 11.2. The van der Waals surface area contributed by atoms with Gasteiger partial charge in [-0.2, -0.15) is 20.1 Å². The van der Waals surface area contributed by atoms with Gasteiger partial charge in [-0.25, -0.2) is 0 Å². The standard InChI is InChI=1S/C11H17N7O/c1-4-12-9-15-10(17-11(16-9)19-5-2)14-8-6-13-18(3)7-8/h6-7H,4-5H2,1-3H3,(H2,12,14,15,16,17). The van der Waals surface area contributed by atoms with Crippen molar-refractivity contribution in [3.63, 3.8) is 0 Å². The lowest BCUT2D eigenvalue weighted by molar-refractivity contribution is 0.312. The maximum absolute atomic E-state index is 5.31. The molecular formula is C11H17N7O. The first-order valence-corrected chi connectivity index (χ1v) is 6.09. The molecule has 2 rings (SSSR count). The van der Waals surface area contributed by atoms with Gasteiger partial charge in [0.05, 0.1) is 18.5 Å². The van der Waals surface area contributed by atoms with Crippen molar-refractivity contribution in [3.05, 3.63) is 12.4 Å². The largest absolute Gasteiger partial charge is 0.464 e. The number of aryl methyl sites for hydroxylation is 1. The second-order valence-corrected chi connectivity index (χ2v) is 3.76. The Morgan fingerprint density at radius 3 is 2.63 bits per heavy atom. The summed E-state index contributed by atoms with van der Waals surface area (Å²) >= 11 is 0. The lowest BCUT2D eigenvalue weighted by atomic mass is 10.6. The number of nitrogens with zero attached hydrogens (tertiary/aromatic N) is 5. The Balaban J connectivity index is 2.22. The highest BCUT2D eigenvalue weighted by Crippen LogP contribution is 2.15. The molecule has 0 aliphatic rings. The minimum absolute atomic E-state index is 0.292. The van der Waals surface area contributed by atoms with Crippen LogP contribution in [0.3, 0.4) is 0 Å². The molecule has 2 N–H and O–H groups in total. The molecule has 0 bridgehead atoms. The molecule has 2 heterocycles. The van der Waals surface area contributed by atoms with Gasteiger partial charge in [-0.3, -0.25) is 4.68 Å². The summed E-state index contributed by atoms with van der Waals surface area (Å²) in [6.45, 7) is 5.08. The van der Waals surface area contributed by atoms with Crippen LogP contribution in [-0.2, 0) is 7.05 Å². The van der Waals surface area contributed by atoms with Crippen molar-refractivity contribution < 1.29 is 4.74 Å². The van der Waals surface area contributed by atoms with Gasteiger partial charge in [-0.15, -0.1) is 0 Å². The molecule has 2 aromatic heterocycles. The van der Waals surface area contributed by atoms with Gasteiger partial charge in [0, 0.05) is 19.8 Å². The summed E-state index contributed by atoms with van der Waals surface area (Å²) in [6.07, 6.45) is 3.52. The van der Waals surface area contributed by atoms with Crippen LogP contribution in [-0.4, -0.2) is 37.9 Å². The normalized spacial score (nSPS) is 10.3. The molecule has 0 spiro atoms. The SMILES string of the molecule is CCNc1nc(Nc2cnn(C)c2)nc(OCC)n1. The minimum Gasteiger partial charge on any atom is -0.464 e. The predicted molar refractivity (Wildman–Crippen MR) is 71.7 cm³/mol. The van der Waals surface area contributed by atoms with Gasteiger partial charge in [-0.1, -0.05) is 0 Å². The van der Waals surface area contributed by atoms with E-state index in [1.807, 2.05) is 27.1 Å². The molecule has 0 atom stereocenters. The van der Waals surface area contributed by atoms with E-state index in [1.165, 1.54) is 0 Å². The Hall–Kier alpha value is -2.38. The van der Waals surface area contributed by atoms with E-state index in [-0.39, 0.29) is 0 Å². The van der Waals surface area contributed by atoms with E-state index in [0.29, 0.717) is 24.5 Å². The fourth-order valence-corrected chi connectivity index (χ4v) is 1.46. The number of hydrogen-bond donors (Lipinski definition) is 2. The van der Waals surface area contributed by atoms with Gasteiger partial charge < -0.3 is 15.4 Å². The van der Waals surface area contributed by atoms with Crippen LogP contribution in [0.15, 0.2) is 12.4 Å². The molecule has 0 radical (unpaired) electrons. The molecule has 0 amide bonds. The molecule has 8 heteroatoms. The monoisotopic (exact) mass is 263 g/mol. The van der Waals surface area contributed by atoms with Crippen molar-refractivity contribution in [2.45, 2.75) is 13.8 Å². The first kappa shape index (κ1) is 13.1. The topological polar surface area (TPSA) is 89.8 Å². The molecule has 0 aromatic carbocycles. The van der Waals surface area contributed by atoms with E-state index in [4.69, 9.17) is 4.74 Å². The van der Waals surface area contributed by atoms with E-state index in [0.717, 1.165) is 12.2 Å². The van der Waals surface area contributed by atoms with Crippen molar-refractivity contribution in [3.8, 4) is 6.01 Å². The fourth-order valence-electron chi connectivity index (χ4n) is 1.46. The van der Waals surface area contributed by atoms with Crippen molar-refractivity contribution in [1.82, 2.24) is 24.7 Å². The van der Waals surface area contributed by atoms with Crippen LogP contribution in [0.5, 0.6) is 6.01 Å². The van der Waals surface area contributed by atoms with Crippen LogP contribution < -0.4 is 15.4 Å². The predicted octanol–water partition coefficient (Wildman–Crippen LogP) is 1.18. The summed E-state index contributed by atoms with van der Waals surface area (Å²) < 4.78 is 7.01. The number of hydrogen-bond acceptors (Lipinski definition) is 7. The minimum atomic E-state index is 0.292. The zero-order valence-electron chi connectivity index (χ0n) is 11.2. The van der Waals surface area contributed by atoms with Crippen molar-refractivity contribution in [2.24, 2.45) is 7.05 Å². The van der Waals surface area contributed by atoms with Crippen LogP contribution in [0.2, 0.25) is 0 Å². The number of nitrogens with one attached hydrogen (secondary N) is 2. The Morgan fingerprint density at radius 2 is 2.00 bits per heavy atom. The highest BCUT2D eigenvalue weighted by Gasteiger charge is 2.07. The van der Waals surface area contributed by atoms with Gasteiger partial charge in [0.25, 0.3) is 0 Å².